The van der Waals surface area contributed by atoms with Gasteiger partial charge in [-0.25, -0.2) is 4.79 Å². The molecule has 2 aliphatic rings. The Labute approximate surface area is 126 Å². The van der Waals surface area contributed by atoms with Crippen LogP contribution in [0.15, 0.2) is 0 Å². The Balaban J connectivity index is 2.01. The number of aliphatic carboxylic acids is 1. The predicted molar refractivity (Wildman–Crippen MR) is 80.3 cm³/mol. The van der Waals surface area contributed by atoms with E-state index in [1.165, 1.54) is 6.42 Å². The zero-order valence-corrected chi connectivity index (χ0v) is 13.3. The van der Waals surface area contributed by atoms with Gasteiger partial charge < -0.3 is 14.9 Å². The summed E-state index contributed by atoms with van der Waals surface area (Å²) in [6, 6.07) is 0.472. The fraction of sp³-hybridized carbons (Fsp3) is 0.867. The number of carboxylic acids is 1. The molecule has 2 aliphatic heterocycles. The molecular formula is C15H27N3O3. The van der Waals surface area contributed by atoms with Gasteiger partial charge in [0.2, 0.25) is 0 Å². The number of fused-ring (bicyclic) bond motifs is 1. The molecule has 0 aliphatic carbocycles. The molecule has 0 aromatic heterocycles. The van der Waals surface area contributed by atoms with Crippen LogP contribution < -0.4 is 0 Å². The number of hydrogen-bond acceptors (Lipinski definition) is 3. The Morgan fingerprint density at radius 2 is 1.95 bits per heavy atom. The molecule has 0 spiro atoms. The van der Waals surface area contributed by atoms with Gasteiger partial charge in [-0.1, -0.05) is 0 Å². The molecule has 0 radical (unpaired) electrons. The average molecular weight is 297 g/mol. The minimum Gasteiger partial charge on any atom is -0.481 e. The van der Waals surface area contributed by atoms with Gasteiger partial charge in [-0.05, 0) is 40.2 Å². The minimum absolute atomic E-state index is 0.00754. The van der Waals surface area contributed by atoms with E-state index in [-0.39, 0.29) is 24.5 Å². The predicted octanol–water partition coefficient (Wildman–Crippen LogP) is 1.46. The molecule has 2 rings (SSSR count). The van der Waals surface area contributed by atoms with Crippen molar-refractivity contribution >= 4 is 12.0 Å². The lowest BCUT2D eigenvalue weighted by molar-refractivity contribution is -0.137. The van der Waals surface area contributed by atoms with Gasteiger partial charge >= 0.3 is 12.0 Å². The van der Waals surface area contributed by atoms with E-state index in [1.807, 2.05) is 25.7 Å². The molecule has 0 saturated carbocycles. The van der Waals surface area contributed by atoms with Gasteiger partial charge in [0.15, 0.2) is 0 Å². The van der Waals surface area contributed by atoms with Crippen LogP contribution in [-0.4, -0.2) is 76.1 Å². The molecule has 120 valence electrons. The van der Waals surface area contributed by atoms with Crippen molar-refractivity contribution in [3.8, 4) is 0 Å². The fourth-order valence-electron chi connectivity index (χ4n) is 3.26. The van der Waals surface area contributed by atoms with Crippen LogP contribution in [0.5, 0.6) is 0 Å². The van der Waals surface area contributed by atoms with Crippen molar-refractivity contribution in [3.05, 3.63) is 0 Å². The first-order valence-electron chi connectivity index (χ1n) is 7.81. The summed E-state index contributed by atoms with van der Waals surface area (Å²) in [7, 11) is 0. The number of nitrogens with zero attached hydrogens (tertiary/aromatic N) is 3. The molecule has 0 bridgehead atoms. The second kappa shape index (κ2) is 6.22. The van der Waals surface area contributed by atoms with Crippen molar-refractivity contribution in [1.29, 1.82) is 0 Å². The molecule has 0 aromatic rings. The fourth-order valence-corrected chi connectivity index (χ4v) is 3.26. The van der Waals surface area contributed by atoms with E-state index in [0.29, 0.717) is 6.04 Å². The van der Waals surface area contributed by atoms with E-state index < -0.39 is 5.97 Å². The maximum absolute atomic E-state index is 12.8. The number of piperazine rings is 1. The Morgan fingerprint density at radius 1 is 1.24 bits per heavy atom. The summed E-state index contributed by atoms with van der Waals surface area (Å²) >= 11 is 0. The third-order valence-electron chi connectivity index (χ3n) is 4.45. The van der Waals surface area contributed by atoms with Gasteiger partial charge in [0, 0.05) is 37.8 Å². The topological polar surface area (TPSA) is 64.1 Å². The molecule has 21 heavy (non-hydrogen) atoms. The summed E-state index contributed by atoms with van der Waals surface area (Å²) in [6.07, 6.45) is 2.37. The van der Waals surface area contributed by atoms with Gasteiger partial charge in [0.1, 0.15) is 0 Å². The highest BCUT2D eigenvalue weighted by Gasteiger charge is 2.36. The van der Waals surface area contributed by atoms with Gasteiger partial charge in [0.05, 0.1) is 6.42 Å². The second-order valence-electron chi connectivity index (χ2n) is 7.03. The van der Waals surface area contributed by atoms with Crippen LogP contribution in [0.4, 0.5) is 4.79 Å². The van der Waals surface area contributed by atoms with Gasteiger partial charge in [0.25, 0.3) is 0 Å². The summed E-state index contributed by atoms with van der Waals surface area (Å²) in [5.74, 6) is -0.863. The van der Waals surface area contributed by atoms with Crippen LogP contribution >= 0.6 is 0 Å². The van der Waals surface area contributed by atoms with Crippen LogP contribution in [-0.2, 0) is 4.79 Å². The number of carbonyl (C=O) groups is 2. The molecule has 0 aromatic carbocycles. The lowest BCUT2D eigenvalue weighted by Gasteiger charge is -2.43. The van der Waals surface area contributed by atoms with E-state index in [9.17, 15) is 9.59 Å². The minimum atomic E-state index is -0.863. The van der Waals surface area contributed by atoms with Crippen molar-refractivity contribution in [1.82, 2.24) is 14.7 Å². The van der Waals surface area contributed by atoms with Crippen LogP contribution in [0.2, 0.25) is 0 Å². The molecule has 6 nitrogen and oxygen atoms in total. The third kappa shape index (κ3) is 3.87. The van der Waals surface area contributed by atoms with Crippen LogP contribution in [0.3, 0.4) is 0 Å². The molecule has 2 saturated heterocycles. The first-order chi connectivity index (χ1) is 9.79. The Morgan fingerprint density at radius 3 is 2.57 bits per heavy atom. The highest BCUT2D eigenvalue weighted by Crippen LogP contribution is 2.24. The van der Waals surface area contributed by atoms with Gasteiger partial charge in [-0.15, -0.1) is 0 Å². The Kier molecular flexibility index (Phi) is 4.76. The van der Waals surface area contributed by atoms with Crippen molar-refractivity contribution in [2.45, 2.75) is 51.6 Å². The Bertz CT molecular complexity index is 405. The molecule has 2 fully saturated rings. The quantitative estimate of drug-likeness (QED) is 0.856. The zero-order valence-electron chi connectivity index (χ0n) is 13.3. The van der Waals surface area contributed by atoms with Gasteiger partial charge in [-0.2, -0.15) is 0 Å². The smallest absolute Gasteiger partial charge is 0.320 e. The molecule has 1 atom stereocenters. The van der Waals surface area contributed by atoms with E-state index in [1.54, 1.807) is 4.90 Å². The maximum atomic E-state index is 12.8. The van der Waals surface area contributed by atoms with Crippen molar-refractivity contribution in [2.75, 3.05) is 32.7 Å². The summed E-state index contributed by atoms with van der Waals surface area (Å²) in [4.78, 5) is 29.7. The molecule has 1 unspecified atom stereocenters. The third-order valence-corrected chi connectivity index (χ3v) is 4.45. The molecule has 6 heteroatoms. The first kappa shape index (κ1) is 16.1. The van der Waals surface area contributed by atoms with Gasteiger partial charge in [-0.3, -0.25) is 9.69 Å². The van der Waals surface area contributed by atoms with E-state index in [2.05, 4.69) is 4.90 Å². The number of carboxylic acid groups (broad SMARTS) is 1. The monoisotopic (exact) mass is 297 g/mol. The number of rotatable bonds is 3. The lowest BCUT2D eigenvalue weighted by atomic mass is 10.1. The number of carbonyl (C=O) groups excluding carboxylic acids is 1. The lowest BCUT2D eigenvalue weighted by Crippen LogP contribution is -2.58. The highest BCUT2D eigenvalue weighted by atomic mass is 16.4. The van der Waals surface area contributed by atoms with E-state index in [4.69, 9.17) is 5.11 Å². The van der Waals surface area contributed by atoms with Crippen molar-refractivity contribution in [2.24, 2.45) is 0 Å². The summed E-state index contributed by atoms with van der Waals surface area (Å²) < 4.78 is 0. The standard InChI is InChI=1S/C15H27N3O3/c1-15(2,3)18(8-6-13(19)20)14(21)17-10-9-16-7-4-5-12(16)11-17/h12H,4-11H2,1-3H3,(H,19,20). The number of amides is 2. The van der Waals surface area contributed by atoms with Crippen molar-refractivity contribution in [3.63, 3.8) is 0 Å². The maximum Gasteiger partial charge on any atom is 0.320 e. The number of hydrogen-bond donors (Lipinski definition) is 1. The normalized spacial score (nSPS) is 23.0. The summed E-state index contributed by atoms with van der Waals surface area (Å²) in [5, 5.41) is 8.89. The zero-order chi connectivity index (χ0) is 15.6. The summed E-state index contributed by atoms with van der Waals surface area (Å²) in [5.41, 5.74) is -0.362. The molecule has 1 N–H and O–H groups in total. The van der Waals surface area contributed by atoms with E-state index >= 15 is 0 Å². The highest BCUT2D eigenvalue weighted by molar-refractivity contribution is 5.76. The molecular weight excluding hydrogens is 270 g/mol. The van der Waals surface area contributed by atoms with E-state index in [0.717, 1.165) is 32.6 Å². The SMILES string of the molecule is CC(C)(C)N(CCC(=O)O)C(=O)N1CCN2CCCC2C1. The van der Waals surface area contributed by atoms with Crippen LogP contribution in [0, 0.1) is 0 Å². The number of urea groups is 1. The summed E-state index contributed by atoms with van der Waals surface area (Å²) in [6.45, 7) is 9.74. The van der Waals surface area contributed by atoms with Crippen molar-refractivity contribution < 1.29 is 14.7 Å². The molecule has 2 amide bonds. The van der Waals surface area contributed by atoms with Crippen LogP contribution in [0.1, 0.15) is 40.0 Å². The molecule has 2 heterocycles. The van der Waals surface area contributed by atoms with Crippen LogP contribution in [0.25, 0.3) is 0 Å². The average Bonchev–Trinajstić information content (AvgIpc) is 2.83. The largest absolute Gasteiger partial charge is 0.481 e. The first-order valence-corrected chi connectivity index (χ1v) is 7.81. The second-order valence-corrected chi connectivity index (χ2v) is 7.03. The Hall–Kier alpha value is -1.30.